The number of hydrogen-bond acceptors (Lipinski definition) is 1. The zero-order chi connectivity index (χ0) is 10.7. The first-order valence-corrected chi connectivity index (χ1v) is 4.92. The van der Waals surface area contributed by atoms with Crippen LogP contribution in [0.25, 0.3) is 0 Å². The number of carbonyl (C=O) groups excluding carboxylic acids is 1. The molecular formula is C10H11Cl2NO. The van der Waals surface area contributed by atoms with Crippen molar-refractivity contribution in [1.29, 1.82) is 0 Å². The summed E-state index contributed by atoms with van der Waals surface area (Å²) in [5.74, 6) is 0.0102. The highest BCUT2D eigenvalue weighted by Crippen LogP contribution is 2.21. The monoisotopic (exact) mass is 231 g/mol. The summed E-state index contributed by atoms with van der Waals surface area (Å²) in [6.07, 6.45) is 0. The van der Waals surface area contributed by atoms with E-state index >= 15 is 0 Å². The van der Waals surface area contributed by atoms with E-state index < -0.39 is 0 Å². The lowest BCUT2D eigenvalue weighted by molar-refractivity contribution is -0.128. The van der Waals surface area contributed by atoms with E-state index in [0.29, 0.717) is 16.6 Å². The van der Waals surface area contributed by atoms with Crippen LogP contribution in [-0.2, 0) is 11.3 Å². The Bertz CT molecular complexity index is 352. The third-order valence-corrected chi connectivity index (χ3v) is 2.55. The van der Waals surface area contributed by atoms with Gasteiger partial charge in [-0.05, 0) is 17.7 Å². The third kappa shape index (κ3) is 2.89. The number of nitrogens with zero attached hydrogens (tertiary/aromatic N) is 1. The molecule has 0 spiro atoms. The van der Waals surface area contributed by atoms with Crippen LogP contribution in [0.1, 0.15) is 12.5 Å². The Morgan fingerprint density at radius 1 is 1.43 bits per heavy atom. The Morgan fingerprint density at radius 2 is 2.07 bits per heavy atom. The summed E-state index contributed by atoms with van der Waals surface area (Å²) in [5, 5.41) is 1.19. The number of rotatable bonds is 2. The lowest BCUT2D eigenvalue weighted by atomic mass is 10.2. The van der Waals surface area contributed by atoms with Gasteiger partial charge in [0.15, 0.2) is 0 Å². The van der Waals surface area contributed by atoms with Crippen LogP contribution in [0.4, 0.5) is 0 Å². The van der Waals surface area contributed by atoms with Crippen LogP contribution in [0.2, 0.25) is 10.0 Å². The molecule has 0 atom stereocenters. The van der Waals surface area contributed by atoms with Crippen molar-refractivity contribution in [2.45, 2.75) is 13.5 Å². The molecule has 1 amide bonds. The minimum Gasteiger partial charge on any atom is -0.342 e. The zero-order valence-electron chi connectivity index (χ0n) is 8.05. The Labute approximate surface area is 93.4 Å². The molecule has 14 heavy (non-hydrogen) atoms. The van der Waals surface area contributed by atoms with Gasteiger partial charge in [0.25, 0.3) is 0 Å². The molecule has 1 rings (SSSR count). The van der Waals surface area contributed by atoms with Gasteiger partial charge >= 0.3 is 0 Å². The Morgan fingerprint density at radius 3 is 2.57 bits per heavy atom. The average Bonchev–Trinajstić information content (AvgIpc) is 2.09. The molecule has 0 aliphatic heterocycles. The summed E-state index contributed by atoms with van der Waals surface area (Å²) in [6.45, 7) is 2.02. The van der Waals surface area contributed by atoms with Gasteiger partial charge in [-0.15, -0.1) is 0 Å². The maximum atomic E-state index is 11.0. The van der Waals surface area contributed by atoms with Crippen LogP contribution in [0.5, 0.6) is 0 Å². The second-order valence-electron chi connectivity index (χ2n) is 3.11. The summed E-state index contributed by atoms with van der Waals surface area (Å²) >= 11 is 11.7. The number of amides is 1. The summed E-state index contributed by atoms with van der Waals surface area (Å²) < 4.78 is 0. The maximum absolute atomic E-state index is 11.0. The fourth-order valence-electron chi connectivity index (χ4n) is 1.02. The minimum absolute atomic E-state index is 0.0102. The summed E-state index contributed by atoms with van der Waals surface area (Å²) in [7, 11) is 1.73. The normalized spacial score (nSPS) is 10.0. The minimum atomic E-state index is 0.0102. The van der Waals surface area contributed by atoms with Crippen molar-refractivity contribution in [3.8, 4) is 0 Å². The van der Waals surface area contributed by atoms with Crippen molar-refractivity contribution in [3.63, 3.8) is 0 Å². The second-order valence-corrected chi connectivity index (χ2v) is 3.95. The lowest BCUT2D eigenvalue weighted by Crippen LogP contribution is -2.23. The van der Waals surface area contributed by atoms with Crippen molar-refractivity contribution >= 4 is 29.1 Å². The van der Waals surface area contributed by atoms with Crippen LogP contribution in [0, 0.1) is 0 Å². The first-order chi connectivity index (χ1) is 6.50. The summed E-state index contributed by atoms with van der Waals surface area (Å²) in [6, 6.07) is 5.26. The van der Waals surface area contributed by atoms with Gasteiger partial charge < -0.3 is 4.90 Å². The Hall–Kier alpha value is -0.730. The summed E-state index contributed by atoms with van der Waals surface area (Å²) in [5.41, 5.74) is 0.897. The number of carbonyl (C=O) groups is 1. The van der Waals surface area contributed by atoms with Crippen molar-refractivity contribution in [3.05, 3.63) is 33.8 Å². The highest BCUT2D eigenvalue weighted by atomic mass is 35.5. The fraction of sp³-hybridized carbons (Fsp3) is 0.300. The first-order valence-electron chi connectivity index (χ1n) is 4.16. The van der Waals surface area contributed by atoms with Gasteiger partial charge in [0.05, 0.1) is 0 Å². The number of hydrogen-bond donors (Lipinski definition) is 0. The molecule has 0 bridgehead atoms. The fourth-order valence-corrected chi connectivity index (χ4v) is 1.49. The molecule has 0 saturated carbocycles. The van der Waals surface area contributed by atoms with Crippen molar-refractivity contribution in [2.24, 2.45) is 0 Å². The van der Waals surface area contributed by atoms with Crippen LogP contribution < -0.4 is 0 Å². The van der Waals surface area contributed by atoms with E-state index in [1.165, 1.54) is 6.92 Å². The van der Waals surface area contributed by atoms with E-state index in [1.807, 2.05) is 6.07 Å². The Kier molecular flexibility index (Phi) is 3.78. The van der Waals surface area contributed by atoms with Crippen molar-refractivity contribution in [1.82, 2.24) is 4.90 Å². The van der Waals surface area contributed by atoms with Gasteiger partial charge in [0, 0.05) is 30.6 Å². The molecule has 2 nitrogen and oxygen atoms in total. The number of benzene rings is 1. The first kappa shape index (κ1) is 11.3. The quantitative estimate of drug-likeness (QED) is 0.767. The van der Waals surface area contributed by atoms with Gasteiger partial charge in [0.2, 0.25) is 5.91 Å². The molecule has 0 aromatic heterocycles. The molecule has 0 N–H and O–H groups in total. The van der Waals surface area contributed by atoms with E-state index in [1.54, 1.807) is 24.1 Å². The predicted molar refractivity (Wildman–Crippen MR) is 58.6 cm³/mol. The van der Waals surface area contributed by atoms with Crippen LogP contribution in [-0.4, -0.2) is 17.9 Å². The predicted octanol–water partition coefficient (Wildman–Crippen LogP) is 2.97. The topological polar surface area (TPSA) is 20.3 Å². The molecule has 0 radical (unpaired) electrons. The van der Waals surface area contributed by atoms with Gasteiger partial charge in [-0.1, -0.05) is 29.3 Å². The van der Waals surface area contributed by atoms with E-state index in [4.69, 9.17) is 23.2 Å². The highest BCUT2D eigenvalue weighted by molar-refractivity contribution is 6.35. The SMILES string of the molecule is CC(=O)N(C)Cc1ccc(Cl)cc1Cl. The third-order valence-electron chi connectivity index (χ3n) is 1.96. The maximum Gasteiger partial charge on any atom is 0.219 e. The smallest absolute Gasteiger partial charge is 0.219 e. The zero-order valence-corrected chi connectivity index (χ0v) is 9.56. The largest absolute Gasteiger partial charge is 0.342 e. The molecule has 0 saturated heterocycles. The van der Waals surface area contributed by atoms with E-state index in [-0.39, 0.29) is 5.91 Å². The average molecular weight is 232 g/mol. The molecule has 0 unspecified atom stereocenters. The molecule has 1 aromatic carbocycles. The van der Waals surface area contributed by atoms with Gasteiger partial charge in [-0.3, -0.25) is 4.79 Å². The molecular weight excluding hydrogens is 221 g/mol. The Balaban J connectivity index is 2.82. The van der Waals surface area contributed by atoms with E-state index in [0.717, 1.165) is 5.56 Å². The molecule has 0 heterocycles. The molecule has 0 aliphatic carbocycles. The molecule has 4 heteroatoms. The van der Waals surface area contributed by atoms with Crippen LogP contribution >= 0.6 is 23.2 Å². The van der Waals surface area contributed by atoms with Crippen LogP contribution in [0.15, 0.2) is 18.2 Å². The standard InChI is InChI=1S/C10H11Cl2NO/c1-7(14)13(2)6-8-3-4-9(11)5-10(8)12/h3-5H,6H2,1-2H3. The van der Waals surface area contributed by atoms with E-state index in [9.17, 15) is 4.79 Å². The van der Waals surface area contributed by atoms with Gasteiger partial charge in [-0.2, -0.15) is 0 Å². The molecule has 76 valence electrons. The van der Waals surface area contributed by atoms with Crippen molar-refractivity contribution in [2.75, 3.05) is 7.05 Å². The summed E-state index contributed by atoms with van der Waals surface area (Å²) in [4.78, 5) is 12.6. The lowest BCUT2D eigenvalue weighted by Gasteiger charge is -2.15. The molecule has 0 aliphatic rings. The van der Waals surface area contributed by atoms with E-state index in [2.05, 4.69) is 0 Å². The molecule has 0 fully saturated rings. The highest BCUT2D eigenvalue weighted by Gasteiger charge is 2.06. The van der Waals surface area contributed by atoms with Crippen LogP contribution in [0.3, 0.4) is 0 Å². The second kappa shape index (κ2) is 4.67. The molecule has 1 aromatic rings. The van der Waals surface area contributed by atoms with Gasteiger partial charge in [-0.25, -0.2) is 0 Å². The van der Waals surface area contributed by atoms with Crippen molar-refractivity contribution < 1.29 is 4.79 Å². The number of halogens is 2. The van der Waals surface area contributed by atoms with Gasteiger partial charge in [0.1, 0.15) is 0 Å².